The van der Waals surface area contributed by atoms with Crippen LogP contribution in [-0.2, 0) is 0 Å². The van der Waals surface area contributed by atoms with Crippen LogP contribution < -0.4 is 5.32 Å². The van der Waals surface area contributed by atoms with Gasteiger partial charge in [-0.1, -0.05) is 6.07 Å². The number of aliphatic hydroxyl groups is 1. The van der Waals surface area contributed by atoms with Crippen molar-refractivity contribution in [1.29, 1.82) is 0 Å². The molecule has 0 amide bonds. The van der Waals surface area contributed by atoms with Crippen LogP contribution >= 0.6 is 12.4 Å². The second kappa shape index (κ2) is 7.04. The average Bonchev–Trinajstić information content (AvgIpc) is 2.34. The number of hydrogen-bond donors (Lipinski definition) is 2. The molecular formula is C13H20ClFN2O. The molecule has 0 spiro atoms. The molecule has 0 bridgehead atoms. The van der Waals surface area contributed by atoms with Gasteiger partial charge in [-0.15, -0.1) is 12.4 Å². The van der Waals surface area contributed by atoms with Gasteiger partial charge in [-0.05, 0) is 30.2 Å². The first-order chi connectivity index (χ1) is 8.22. The largest absolute Gasteiger partial charge is 0.394 e. The second-order valence-corrected chi connectivity index (χ2v) is 4.49. The van der Waals surface area contributed by atoms with Crippen LogP contribution in [0.25, 0.3) is 0 Å². The third-order valence-electron chi connectivity index (χ3n) is 3.36. The molecular weight excluding hydrogens is 255 g/mol. The van der Waals surface area contributed by atoms with Crippen molar-refractivity contribution in [2.75, 3.05) is 32.8 Å². The van der Waals surface area contributed by atoms with Crippen LogP contribution in [0.4, 0.5) is 4.39 Å². The molecule has 0 aromatic heterocycles. The molecule has 1 aliphatic rings. The molecule has 102 valence electrons. The van der Waals surface area contributed by atoms with E-state index in [9.17, 15) is 9.50 Å². The summed E-state index contributed by atoms with van der Waals surface area (Å²) in [6.07, 6.45) is 0. The Kier molecular flexibility index (Phi) is 6.02. The zero-order valence-electron chi connectivity index (χ0n) is 10.5. The van der Waals surface area contributed by atoms with Crippen LogP contribution in [0.3, 0.4) is 0 Å². The highest BCUT2D eigenvalue weighted by molar-refractivity contribution is 5.85. The number of piperazine rings is 1. The number of rotatable bonds is 3. The van der Waals surface area contributed by atoms with Crippen LogP contribution in [0.15, 0.2) is 18.2 Å². The minimum Gasteiger partial charge on any atom is -0.394 e. The highest BCUT2D eigenvalue weighted by atomic mass is 35.5. The Morgan fingerprint density at radius 3 is 2.61 bits per heavy atom. The second-order valence-electron chi connectivity index (χ2n) is 4.49. The topological polar surface area (TPSA) is 35.5 Å². The Labute approximate surface area is 113 Å². The molecule has 1 aromatic rings. The maximum atomic E-state index is 13.1. The first kappa shape index (κ1) is 15.4. The van der Waals surface area contributed by atoms with E-state index in [1.807, 2.05) is 6.92 Å². The number of halogens is 2. The van der Waals surface area contributed by atoms with Gasteiger partial charge in [-0.3, -0.25) is 4.90 Å². The van der Waals surface area contributed by atoms with E-state index < -0.39 is 0 Å². The standard InChI is InChI=1S/C13H19FN2O.ClH/c1-10-8-11(14)2-3-12(10)13(9-17)16-6-4-15-5-7-16;/h2-3,8,13,15,17H,4-7,9H2,1H3;1H/t13-;/m1./s1. The lowest BCUT2D eigenvalue weighted by Gasteiger charge is -2.34. The summed E-state index contributed by atoms with van der Waals surface area (Å²) in [5.41, 5.74) is 1.93. The molecule has 1 saturated heterocycles. The Bertz CT molecular complexity index is 383. The molecule has 1 heterocycles. The highest BCUT2D eigenvalue weighted by Crippen LogP contribution is 2.24. The van der Waals surface area contributed by atoms with E-state index in [1.54, 1.807) is 6.07 Å². The molecule has 0 unspecified atom stereocenters. The van der Waals surface area contributed by atoms with E-state index >= 15 is 0 Å². The van der Waals surface area contributed by atoms with E-state index in [1.165, 1.54) is 12.1 Å². The van der Waals surface area contributed by atoms with E-state index in [4.69, 9.17) is 0 Å². The van der Waals surface area contributed by atoms with E-state index in [0.717, 1.165) is 37.3 Å². The summed E-state index contributed by atoms with van der Waals surface area (Å²) in [5.74, 6) is -0.219. The number of nitrogens with one attached hydrogen (secondary N) is 1. The molecule has 5 heteroatoms. The fourth-order valence-electron chi connectivity index (χ4n) is 2.42. The van der Waals surface area contributed by atoms with Gasteiger partial charge in [0, 0.05) is 26.2 Å². The summed E-state index contributed by atoms with van der Waals surface area (Å²) >= 11 is 0. The first-order valence-corrected chi connectivity index (χ1v) is 6.04. The van der Waals surface area contributed by atoms with Gasteiger partial charge in [-0.2, -0.15) is 0 Å². The monoisotopic (exact) mass is 274 g/mol. The van der Waals surface area contributed by atoms with Gasteiger partial charge in [0.1, 0.15) is 5.82 Å². The lowest BCUT2D eigenvalue weighted by molar-refractivity contribution is 0.110. The van der Waals surface area contributed by atoms with Gasteiger partial charge in [0.05, 0.1) is 12.6 Å². The van der Waals surface area contributed by atoms with Crippen LogP contribution in [-0.4, -0.2) is 42.8 Å². The van der Waals surface area contributed by atoms with Crippen molar-refractivity contribution in [3.63, 3.8) is 0 Å². The summed E-state index contributed by atoms with van der Waals surface area (Å²) < 4.78 is 13.1. The number of nitrogens with zero attached hydrogens (tertiary/aromatic N) is 1. The molecule has 0 saturated carbocycles. The van der Waals surface area contributed by atoms with E-state index in [2.05, 4.69) is 10.2 Å². The molecule has 2 rings (SSSR count). The van der Waals surface area contributed by atoms with Crippen molar-refractivity contribution in [3.05, 3.63) is 35.1 Å². The molecule has 0 aliphatic carbocycles. The fraction of sp³-hybridized carbons (Fsp3) is 0.538. The molecule has 0 radical (unpaired) electrons. The maximum absolute atomic E-state index is 13.1. The number of benzene rings is 1. The molecule has 1 atom stereocenters. The maximum Gasteiger partial charge on any atom is 0.123 e. The lowest BCUT2D eigenvalue weighted by atomic mass is 10.00. The molecule has 1 aliphatic heterocycles. The van der Waals surface area contributed by atoms with Gasteiger partial charge in [0.2, 0.25) is 0 Å². The zero-order valence-corrected chi connectivity index (χ0v) is 11.3. The van der Waals surface area contributed by atoms with E-state index in [0.29, 0.717) is 0 Å². The van der Waals surface area contributed by atoms with Crippen LogP contribution in [0.1, 0.15) is 17.2 Å². The van der Waals surface area contributed by atoms with Crippen molar-refractivity contribution in [2.45, 2.75) is 13.0 Å². The normalized spacial score (nSPS) is 18.2. The zero-order chi connectivity index (χ0) is 12.3. The summed E-state index contributed by atoms with van der Waals surface area (Å²) in [6.45, 7) is 5.69. The summed E-state index contributed by atoms with van der Waals surface area (Å²) in [7, 11) is 0. The number of aryl methyl sites for hydroxylation is 1. The van der Waals surface area contributed by atoms with Gasteiger partial charge in [0.25, 0.3) is 0 Å². The predicted octanol–water partition coefficient (Wildman–Crippen LogP) is 1.49. The number of aliphatic hydroxyl groups excluding tert-OH is 1. The van der Waals surface area contributed by atoms with Crippen molar-refractivity contribution >= 4 is 12.4 Å². The fourth-order valence-corrected chi connectivity index (χ4v) is 2.42. The third kappa shape index (κ3) is 3.42. The Balaban J connectivity index is 0.00000162. The molecule has 1 fully saturated rings. The summed E-state index contributed by atoms with van der Waals surface area (Å²) in [6, 6.07) is 4.76. The quantitative estimate of drug-likeness (QED) is 0.877. The Morgan fingerprint density at radius 2 is 2.06 bits per heavy atom. The molecule has 1 aromatic carbocycles. The van der Waals surface area contributed by atoms with Gasteiger partial charge < -0.3 is 10.4 Å². The first-order valence-electron chi connectivity index (χ1n) is 6.04. The molecule has 3 nitrogen and oxygen atoms in total. The highest BCUT2D eigenvalue weighted by Gasteiger charge is 2.22. The minimum atomic E-state index is -0.219. The minimum absolute atomic E-state index is 0. The predicted molar refractivity (Wildman–Crippen MR) is 72.7 cm³/mol. The van der Waals surface area contributed by atoms with Crippen molar-refractivity contribution in [2.24, 2.45) is 0 Å². The Morgan fingerprint density at radius 1 is 1.39 bits per heavy atom. The third-order valence-corrected chi connectivity index (χ3v) is 3.36. The van der Waals surface area contributed by atoms with Crippen LogP contribution in [0, 0.1) is 12.7 Å². The van der Waals surface area contributed by atoms with Crippen molar-refractivity contribution in [3.8, 4) is 0 Å². The summed E-state index contributed by atoms with van der Waals surface area (Å²) in [5, 5.41) is 12.9. The lowest BCUT2D eigenvalue weighted by Crippen LogP contribution is -2.46. The number of hydrogen-bond acceptors (Lipinski definition) is 3. The van der Waals surface area contributed by atoms with Crippen LogP contribution in [0.5, 0.6) is 0 Å². The molecule has 18 heavy (non-hydrogen) atoms. The van der Waals surface area contributed by atoms with E-state index in [-0.39, 0.29) is 30.9 Å². The van der Waals surface area contributed by atoms with Gasteiger partial charge in [-0.25, -0.2) is 4.39 Å². The SMILES string of the molecule is Cc1cc(F)ccc1[C@@H](CO)N1CCNCC1.Cl. The smallest absolute Gasteiger partial charge is 0.123 e. The Hall–Kier alpha value is -0.680. The summed E-state index contributed by atoms with van der Waals surface area (Å²) in [4.78, 5) is 2.25. The average molecular weight is 275 g/mol. The van der Waals surface area contributed by atoms with Crippen LogP contribution in [0.2, 0.25) is 0 Å². The van der Waals surface area contributed by atoms with Crippen molar-refractivity contribution < 1.29 is 9.50 Å². The van der Waals surface area contributed by atoms with Gasteiger partial charge in [0.15, 0.2) is 0 Å². The van der Waals surface area contributed by atoms with Crippen molar-refractivity contribution in [1.82, 2.24) is 10.2 Å². The molecule has 2 N–H and O–H groups in total. The van der Waals surface area contributed by atoms with Gasteiger partial charge >= 0.3 is 0 Å².